The van der Waals surface area contributed by atoms with Gasteiger partial charge in [0.25, 0.3) is 0 Å². The third-order valence-corrected chi connectivity index (χ3v) is 5.60. The van der Waals surface area contributed by atoms with Gasteiger partial charge in [0.15, 0.2) is 0 Å². The average molecular weight is 346 g/mol. The van der Waals surface area contributed by atoms with Gasteiger partial charge in [0, 0.05) is 30.6 Å². The van der Waals surface area contributed by atoms with E-state index >= 15 is 0 Å². The summed E-state index contributed by atoms with van der Waals surface area (Å²) < 4.78 is 1.20. The Morgan fingerprint density at radius 1 is 1.32 bits per heavy atom. The molecule has 0 spiro atoms. The maximum atomic E-state index is 6.41. The first-order chi connectivity index (χ1) is 9.11. The van der Waals surface area contributed by atoms with E-state index in [4.69, 9.17) is 5.73 Å². The van der Waals surface area contributed by atoms with Gasteiger partial charge in [0.05, 0.1) is 9.83 Å². The van der Waals surface area contributed by atoms with E-state index in [-0.39, 0.29) is 6.04 Å². The number of nitrogens with two attached hydrogens (primary N) is 1. The summed E-state index contributed by atoms with van der Waals surface area (Å²) in [6.07, 6.45) is 2.25. The molecule has 108 valence electrons. The summed E-state index contributed by atoms with van der Waals surface area (Å²) >= 11 is 5.39. The van der Waals surface area contributed by atoms with Crippen LogP contribution < -0.4 is 5.73 Å². The van der Waals surface area contributed by atoms with Crippen LogP contribution in [0.25, 0.3) is 0 Å². The number of rotatable bonds is 4. The van der Waals surface area contributed by atoms with Crippen LogP contribution in [0.15, 0.2) is 15.9 Å². The Labute approximate surface area is 128 Å². The first-order valence-electron chi connectivity index (χ1n) is 7.05. The molecule has 2 heterocycles. The zero-order valence-electron chi connectivity index (χ0n) is 11.8. The lowest BCUT2D eigenvalue weighted by molar-refractivity contribution is 0.178. The highest BCUT2D eigenvalue weighted by Crippen LogP contribution is 2.33. The second-order valence-corrected chi connectivity index (χ2v) is 7.85. The molecule has 0 aliphatic carbocycles. The molecule has 5 heteroatoms. The van der Waals surface area contributed by atoms with Crippen LogP contribution in [-0.4, -0.2) is 49.1 Å². The van der Waals surface area contributed by atoms with Crippen LogP contribution >= 0.6 is 27.3 Å². The molecule has 1 aromatic rings. The Balaban J connectivity index is 2.17. The van der Waals surface area contributed by atoms with E-state index in [1.165, 1.54) is 21.6 Å². The number of halogens is 1. The quantitative estimate of drug-likeness (QED) is 0.910. The van der Waals surface area contributed by atoms with E-state index in [0.29, 0.717) is 6.04 Å². The van der Waals surface area contributed by atoms with Gasteiger partial charge in [0.1, 0.15) is 0 Å². The Morgan fingerprint density at radius 3 is 2.74 bits per heavy atom. The molecule has 0 radical (unpaired) electrons. The molecule has 0 amide bonds. The van der Waals surface area contributed by atoms with Crippen molar-refractivity contribution >= 4 is 27.3 Å². The fourth-order valence-electron chi connectivity index (χ4n) is 2.72. The highest BCUT2D eigenvalue weighted by atomic mass is 79.9. The minimum Gasteiger partial charge on any atom is -0.326 e. The van der Waals surface area contributed by atoms with Crippen LogP contribution in [0, 0.1) is 0 Å². The van der Waals surface area contributed by atoms with Crippen molar-refractivity contribution in [1.29, 1.82) is 0 Å². The van der Waals surface area contributed by atoms with Gasteiger partial charge in [0.2, 0.25) is 0 Å². The zero-order valence-corrected chi connectivity index (χ0v) is 14.2. The largest absolute Gasteiger partial charge is 0.326 e. The molecule has 1 fully saturated rings. The van der Waals surface area contributed by atoms with Crippen LogP contribution in [0.5, 0.6) is 0 Å². The lowest BCUT2D eigenvalue weighted by Crippen LogP contribution is -2.42. The van der Waals surface area contributed by atoms with E-state index in [1.54, 1.807) is 0 Å². The summed E-state index contributed by atoms with van der Waals surface area (Å²) in [4.78, 5) is 6.39. The van der Waals surface area contributed by atoms with Gasteiger partial charge in [-0.05, 0) is 54.5 Å². The topological polar surface area (TPSA) is 32.5 Å². The van der Waals surface area contributed by atoms with Crippen LogP contribution in [-0.2, 0) is 0 Å². The highest BCUT2D eigenvalue weighted by Gasteiger charge is 2.28. The van der Waals surface area contributed by atoms with Gasteiger partial charge in [-0.2, -0.15) is 0 Å². The Bertz CT molecular complexity index is 396. The summed E-state index contributed by atoms with van der Waals surface area (Å²) in [5.74, 6) is 0. The van der Waals surface area contributed by atoms with Crippen molar-refractivity contribution in [2.75, 3.05) is 33.2 Å². The minimum absolute atomic E-state index is 0.217. The number of hydrogen-bond acceptors (Lipinski definition) is 4. The van der Waals surface area contributed by atoms with E-state index in [0.717, 1.165) is 26.1 Å². The van der Waals surface area contributed by atoms with Crippen LogP contribution in [0.3, 0.4) is 0 Å². The summed E-state index contributed by atoms with van der Waals surface area (Å²) in [6.45, 7) is 6.78. The molecule has 1 saturated heterocycles. The predicted octanol–water partition coefficient (Wildman–Crippen LogP) is 2.93. The molecule has 2 unspecified atom stereocenters. The molecule has 0 aromatic carbocycles. The SMILES string of the molecule is CCC(N)C(c1ccc(Br)s1)N1CCCN(C)CC1. The molecule has 1 aliphatic rings. The van der Waals surface area contributed by atoms with Crippen molar-refractivity contribution < 1.29 is 0 Å². The zero-order chi connectivity index (χ0) is 13.8. The monoisotopic (exact) mass is 345 g/mol. The van der Waals surface area contributed by atoms with Crippen LogP contribution in [0.2, 0.25) is 0 Å². The molecule has 1 aromatic heterocycles. The Morgan fingerprint density at radius 2 is 2.11 bits per heavy atom. The van der Waals surface area contributed by atoms with E-state index in [2.05, 4.69) is 51.8 Å². The first-order valence-corrected chi connectivity index (χ1v) is 8.66. The minimum atomic E-state index is 0.217. The van der Waals surface area contributed by atoms with Crippen molar-refractivity contribution in [3.8, 4) is 0 Å². The fourth-order valence-corrected chi connectivity index (χ4v) is 4.35. The summed E-state index contributed by atoms with van der Waals surface area (Å²) in [5, 5.41) is 0. The third kappa shape index (κ3) is 4.02. The van der Waals surface area contributed by atoms with E-state index < -0.39 is 0 Å². The molecular weight excluding hydrogens is 322 g/mol. The van der Waals surface area contributed by atoms with Gasteiger partial charge >= 0.3 is 0 Å². The predicted molar refractivity (Wildman–Crippen MR) is 86.7 cm³/mol. The molecule has 3 nitrogen and oxygen atoms in total. The van der Waals surface area contributed by atoms with Gasteiger partial charge in [-0.25, -0.2) is 0 Å². The highest BCUT2D eigenvalue weighted by molar-refractivity contribution is 9.11. The van der Waals surface area contributed by atoms with Gasteiger partial charge in [-0.15, -0.1) is 11.3 Å². The van der Waals surface area contributed by atoms with Gasteiger partial charge < -0.3 is 10.6 Å². The van der Waals surface area contributed by atoms with Crippen molar-refractivity contribution in [2.24, 2.45) is 5.73 Å². The maximum Gasteiger partial charge on any atom is 0.0702 e. The Kier molecular flexibility index (Phi) is 5.84. The van der Waals surface area contributed by atoms with Crippen molar-refractivity contribution in [1.82, 2.24) is 9.80 Å². The second-order valence-electron chi connectivity index (χ2n) is 5.35. The molecule has 2 rings (SSSR count). The summed E-state index contributed by atoms with van der Waals surface area (Å²) in [5.41, 5.74) is 6.41. The third-order valence-electron chi connectivity index (χ3n) is 3.91. The number of nitrogens with zero attached hydrogens (tertiary/aromatic N) is 2. The smallest absolute Gasteiger partial charge is 0.0702 e. The van der Waals surface area contributed by atoms with Crippen molar-refractivity contribution in [2.45, 2.75) is 31.8 Å². The van der Waals surface area contributed by atoms with Crippen molar-refractivity contribution in [3.63, 3.8) is 0 Å². The van der Waals surface area contributed by atoms with Gasteiger partial charge in [-0.1, -0.05) is 6.92 Å². The summed E-state index contributed by atoms with van der Waals surface area (Å²) in [6, 6.07) is 4.95. The van der Waals surface area contributed by atoms with E-state index in [1.807, 2.05) is 11.3 Å². The lowest BCUT2D eigenvalue weighted by Gasteiger charge is -2.33. The molecule has 19 heavy (non-hydrogen) atoms. The van der Waals surface area contributed by atoms with Gasteiger partial charge in [-0.3, -0.25) is 4.90 Å². The van der Waals surface area contributed by atoms with E-state index in [9.17, 15) is 0 Å². The molecular formula is C14H24BrN3S. The number of hydrogen-bond donors (Lipinski definition) is 1. The second kappa shape index (κ2) is 7.18. The molecule has 2 atom stereocenters. The maximum absolute atomic E-state index is 6.41. The fraction of sp³-hybridized carbons (Fsp3) is 0.714. The first kappa shape index (κ1) is 15.4. The number of likely N-dealkylation sites (N-methyl/N-ethyl adjacent to an activating group) is 1. The summed E-state index contributed by atoms with van der Waals surface area (Å²) in [7, 11) is 2.21. The lowest BCUT2D eigenvalue weighted by atomic mass is 10.0. The Hall–Kier alpha value is 0.0600. The average Bonchev–Trinajstić information content (AvgIpc) is 2.69. The molecule has 0 saturated carbocycles. The number of thiophene rings is 1. The van der Waals surface area contributed by atoms with Crippen molar-refractivity contribution in [3.05, 3.63) is 20.8 Å². The molecule has 2 N–H and O–H groups in total. The normalized spacial score (nSPS) is 22.1. The van der Waals surface area contributed by atoms with Crippen LogP contribution in [0.1, 0.15) is 30.7 Å². The molecule has 1 aliphatic heterocycles. The van der Waals surface area contributed by atoms with Crippen LogP contribution in [0.4, 0.5) is 0 Å². The standard InChI is InChI=1S/C14H24BrN3S/c1-3-11(16)14(12-5-6-13(15)19-12)18-8-4-7-17(2)9-10-18/h5-6,11,14H,3-4,7-10,16H2,1-2H3. The molecule has 0 bridgehead atoms.